The van der Waals surface area contributed by atoms with Gasteiger partial charge >= 0.3 is 0 Å². The van der Waals surface area contributed by atoms with Gasteiger partial charge in [0, 0.05) is 30.5 Å². The average molecular weight is 539 g/mol. The maximum absolute atomic E-state index is 13.3. The van der Waals surface area contributed by atoms with Crippen molar-refractivity contribution in [2.75, 3.05) is 39.2 Å². The number of ether oxygens (including phenoxy) is 2. The number of anilines is 1. The fourth-order valence-electron chi connectivity index (χ4n) is 5.43. The number of phenolic OH excluding ortho intramolecular Hbond substituents is 1. The van der Waals surface area contributed by atoms with E-state index in [0.717, 1.165) is 49.8 Å². The number of hydrogen-bond acceptors (Lipinski definition) is 8. The third-order valence-electron chi connectivity index (χ3n) is 7.53. The number of methoxy groups -OCH3 is 2. The zero-order chi connectivity index (χ0) is 27.8. The summed E-state index contributed by atoms with van der Waals surface area (Å²) >= 11 is 0. The second-order valence-corrected chi connectivity index (χ2v) is 9.98. The fraction of sp³-hybridized carbons (Fsp3) is 0.483. The number of carbonyl (C=O) groups excluding carboxylic acids is 2. The third kappa shape index (κ3) is 6.69. The summed E-state index contributed by atoms with van der Waals surface area (Å²) in [7, 11) is 3.23. The third-order valence-corrected chi connectivity index (χ3v) is 7.53. The molecule has 1 heterocycles. The van der Waals surface area contributed by atoms with Crippen LogP contribution in [0, 0.1) is 11.8 Å². The molecule has 10 heteroatoms. The summed E-state index contributed by atoms with van der Waals surface area (Å²) in [6.45, 7) is 1.51. The Kier molecular flexibility index (Phi) is 9.78. The second-order valence-electron chi connectivity index (χ2n) is 9.98. The Morgan fingerprint density at radius 1 is 1.08 bits per heavy atom. The van der Waals surface area contributed by atoms with Gasteiger partial charge in [-0.15, -0.1) is 0 Å². The largest absolute Gasteiger partial charge is 0.506 e. The van der Waals surface area contributed by atoms with Gasteiger partial charge in [0.15, 0.2) is 11.5 Å². The molecule has 0 aromatic heterocycles. The van der Waals surface area contributed by atoms with Gasteiger partial charge < -0.3 is 30.3 Å². The number of nitrogens with zero attached hydrogens (tertiary/aromatic N) is 2. The van der Waals surface area contributed by atoms with Gasteiger partial charge in [0.05, 0.1) is 31.7 Å². The molecule has 3 unspecified atom stereocenters. The van der Waals surface area contributed by atoms with E-state index in [9.17, 15) is 19.8 Å². The number of aromatic hydroxyl groups is 1. The van der Waals surface area contributed by atoms with Crippen LogP contribution in [0.3, 0.4) is 0 Å². The van der Waals surface area contributed by atoms with Crippen molar-refractivity contribution in [3.63, 3.8) is 0 Å². The molecule has 2 aromatic rings. The van der Waals surface area contributed by atoms with Crippen LogP contribution in [0.5, 0.6) is 17.2 Å². The van der Waals surface area contributed by atoms with Gasteiger partial charge in [-0.3, -0.25) is 9.59 Å². The van der Waals surface area contributed by atoms with E-state index < -0.39 is 6.10 Å². The van der Waals surface area contributed by atoms with Crippen LogP contribution < -0.4 is 20.1 Å². The minimum Gasteiger partial charge on any atom is -0.506 e. The van der Waals surface area contributed by atoms with E-state index in [0.29, 0.717) is 43.1 Å². The number of nitrogens with one attached hydrogen (secondary N) is 2. The number of phenols is 1. The molecule has 3 atom stereocenters. The molecule has 10 nitrogen and oxygen atoms in total. The Bertz CT molecular complexity index is 1190. The number of carbonyl (C=O) groups is 2. The van der Waals surface area contributed by atoms with Crippen molar-refractivity contribution < 1.29 is 29.3 Å². The van der Waals surface area contributed by atoms with Crippen LogP contribution in [0.25, 0.3) is 0 Å². The SMILES string of the molecule is COc1ccc(C2=NN(CCCCNCC(O)c3ccc(O)c(NC=O)c3)C(=O)C3CCCCC23)cc1OC. The molecule has 2 aromatic carbocycles. The molecule has 1 fully saturated rings. The molecule has 0 saturated heterocycles. The minimum absolute atomic E-state index is 0.0449. The number of hydrazone groups is 1. The molecule has 0 bridgehead atoms. The van der Waals surface area contributed by atoms with Gasteiger partial charge in [-0.1, -0.05) is 18.9 Å². The summed E-state index contributed by atoms with van der Waals surface area (Å²) < 4.78 is 10.9. The first kappa shape index (κ1) is 28.4. The van der Waals surface area contributed by atoms with Crippen LogP contribution >= 0.6 is 0 Å². The number of rotatable bonds is 13. The van der Waals surface area contributed by atoms with Crippen molar-refractivity contribution in [2.24, 2.45) is 16.9 Å². The first-order valence-corrected chi connectivity index (χ1v) is 13.5. The van der Waals surface area contributed by atoms with Crippen molar-refractivity contribution in [1.82, 2.24) is 10.3 Å². The van der Waals surface area contributed by atoms with E-state index in [1.165, 1.54) is 6.07 Å². The summed E-state index contributed by atoms with van der Waals surface area (Å²) in [5.41, 5.74) is 2.74. The van der Waals surface area contributed by atoms with Gasteiger partial charge in [0.25, 0.3) is 0 Å². The Morgan fingerprint density at radius 3 is 2.59 bits per heavy atom. The number of fused-ring (bicyclic) bond motifs is 1. The first-order chi connectivity index (χ1) is 19.0. The molecule has 4 N–H and O–H groups in total. The minimum atomic E-state index is -0.793. The van der Waals surface area contributed by atoms with Gasteiger partial charge in [-0.05, 0) is 68.1 Å². The normalized spacial score (nSPS) is 19.6. The second kappa shape index (κ2) is 13.4. The number of aliphatic hydroxyl groups is 1. The first-order valence-electron chi connectivity index (χ1n) is 13.5. The van der Waals surface area contributed by atoms with Crippen molar-refractivity contribution >= 4 is 23.7 Å². The maximum Gasteiger partial charge on any atom is 0.246 e. The molecule has 1 aliphatic carbocycles. The summed E-state index contributed by atoms with van der Waals surface area (Å²) in [6.07, 6.45) is 5.24. The molecule has 2 amide bonds. The lowest BCUT2D eigenvalue weighted by Crippen LogP contribution is -2.46. The number of unbranched alkanes of at least 4 members (excludes halogenated alkanes) is 1. The van der Waals surface area contributed by atoms with Crippen LogP contribution in [0.2, 0.25) is 0 Å². The van der Waals surface area contributed by atoms with E-state index in [4.69, 9.17) is 14.6 Å². The van der Waals surface area contributed by atoms with E-state index in [2.05, 4.69) is 10.6 Å². The smallest absolute Gasteiger partial charge is 0.246 e. The molecule has 39 heavy (non-hydrogen) atoms. The van der Waals surface area contributed by atoms with Crippen molar-refractivity contribution in [2.45, 2.75) is 44.6 Å². The van der Waals surface area contributed by atoms with Crippen molar-refractivity contribution in [3.05, 3.63) is 47.5 Å². The standard InChI is InChI=1S/C29H38N4O6/c1-38-26-12-10-20(16-27(26)39-2)28-21-7-3-4-8-22(21)29(37)33(32-28)14-6-5-13-30-17-25(36)19-9-11-24(35)23(15-19)31-18-34/h9-12,15-16,18,21-22,25,30,35-36H,3-8,13-14,17H2,1-2H3,(H,31,34). The van der Waals surface area contributed by atoms with E-state index >= 15 is 0 Å². The lowest BCUT2D eigenvalue weighted by Gasteiger charge is -2.38. The highest BCUT2D eigenvalue weighted by Gasteiger charge is 2.41. The number of aliphatic hydroxyl groups excluding tert-OH is 1. The number of amides is 2. The van der Waals surface area contributed by atoms with E-state index in [-0.39, 0.29) is 29.2 Å². The topological polar surface area (TPSA) is 133 Å². The highest BCUT2D eigenvalue weighted by molar-refractivity contribution is 6.07. The Hall–Kier alpha value is -3.63. The molecule has 4 rings (SSSR count). The average Bonchev–Trinajstić information content (AvgIpc) is 2.96. The number of benzene rings is 2. The van der Waals surface area contributed by atoms with Crippen LogP contribution in [0.1, 0.15) is 55.8 Å². The van der Waals surface area contributed by atoms with Crippen LogP contribution in [-0.4, -0.2) is 67.1 Å². The molecule has 0 radical (unpaired) electrons. The number of hydrogen-bond donors (Lipinski definition) is 4. The Balaban J connectivity index is 1.34. The molecule has 2 aliphatic rings. The maximum atomic E-state index is 13.3. The van der Waals surface area contributed by atoms with Crippen molar-refractivity contribution in [3.8, 4) is 17.2 Å². The van der Waals surface area contributed by atoms with Crippen LogP contribution in [0.4, 0.5) is 5.69 Å². The Morgan fingerprint density at radius 2 is 1.85 bits per heavy atom. The zero-order valence-electron chi connectivity index (χ0n) is 22.6. The highest BCUT2D eigenvalue weighted by atomic mass is 16.5. The van der Waals surface area contributed by atoms with Gasteiger partial charge in [-0.2, -0.15) is 5.10 Å². The lowest BCUT2D eigenvalue weighted by atomic mass is 9.73. The fourth-order valence-corrected chi connectivity index (χ4v) is 5.43. The summed E-state index contributed by atoms with van der Waals surface area (Å²) in [6, 6.07) is 10.4. The van der Waals surface area contributed by atoms with Gasteiger partial charge in [-0.25, -0.2) is 5.01 Å². The van der Waals surface area contributed by atoms with E-state index in [1.807, 2.05) is 18.2 Å². The van der Waals surface area contributed by atoms with Gasteiger partial charge in [0.1, 0.15) is 5.75 Å². The molecular weight excluding hydrogens is 500 g/mol. The summed E-state index contributed by atoms with van der Waals surface area (Å²) in [5.74, 6) is 1.42. The zero-order valence-corrected chi connectivity index (χ0v) is 22.6. The lowest BCUT2D eigenvalue weighted by molar-refractivity contribution is -0.139. The van der Waals surface area contributed by atoms with Crippen molar-refractivity contribution in [1.29, 1.82) is 0 Å². The molecule has 1 aliphatic heterocycles. The van der Waals surface area contributed by atoms with E-state index in [1.54, 1.807) is 31.4 Å². The van der Waals surface area contributed by atoms with Gasteiger partial charge in [0.2, 0.25) is 12.3 Å². The monoisotopic (exact) mass is 538 g/mol. The van der Waals surface area contributed by atoms with Crippen LogP contribution in [-0.2, 0) is 9.59 Å². The predicted molar refractivity (Wildman–Crippen MR) is 148 cm³/mol. The highest BCUT2D eigenvalue weighted by Crippen LogP contribution is 2.39. The summed E-state index contributed by atoms with van der Waals surface area (Å²) in [4.78, 5) is 24.0. The molecule has 0 spiro atoms. The molecular formula is C29H38N4O6. The van der Waals surface area contributed by atoms with Crippen LogP contribution in [0.15, 0.2) is 41.5 Å². The molecule has 1 saturated carbocycles. The quantitative estimate of drug-likeness (QED) is 0.174. The molecule has 210 valence electrons. The predicted octanol–water partition coefficient (Wildman–Crippen LogP) is 3.43. The summed E-state index contributed by atoms with van der Waals surface area (Å²) in [5, 5.41) is 32.4. The Labute approximate surface area is 229 Å².